The molecule has 0 unspecified atom stereocenters. The van der Waals surface area contributed by atoms with Gasteiger partial charge in [-0.25, -0.2) is 13.1 Å². The normalized spacial score (nSPS) is 11.1. The molecular formula is C19H18F2N2O7S. The lowest BCUT2D eigenvalue weighted by Gasteiger charge is -2.08. The molecular weight excluding hydrogens is 438 g/mol. The molecule has 9 nitrogen and oxygen atoms in total. The van der Waals surface area contributed by atoms with E-state index < -0.39 is 41.0 Å². The van der Waals surface area contributed by atoms with Gasteiger partial charge in [-0.3, -0.25) is 19.7 Å². The van der Waals surface area contributed by atoms with Gasteiger partial charge in [0.05, 0.1) is 11.3 Å². The summed E-state index contributed by atoms with van der Waals surface area (Å²) in [5, 5.41) is 1.96. The number of esters is 1. The fraction of sp³-hybridized carbons (Fsp3) is 0.211. The smallest absolute Gasteiger partial charge is 0.387 e. The number of benzene rings is 2. The minimum absolute atomic E-state index is 0.00314. The fourth-order valence-corrected chi connectivity index (χ4v) is 3.26. The summed E-state index contributed by atoms with van der Waals surface area (Å²) in [4.78, 5) is 35.3. The first-order chi connectivity index (χ1) is 14.7. The minimum atomic E-state index is -3.78. The van der Waals surface area contributed by atoms with E-state index in [1.807, 2.05) is 5.32 Å². The maximum Gasteiger partial charge on any atom is 0.387 e. The fourth-order valence-electron chi connectivity index (χ4n) is 2.21. The van der Waals surface area contributed by atoms with Gasteiger partial charge < -0.3 is 9.47 Å². The van der Waals surface area contributed by atoms with Crippen LogP contribution in [-0.4, -0.2) is 46.0 Å². The van der Waals surface area contributed by atoms with Crippen LogP contribution in [0, 0.1) is 0 Å². The quantitative estimate of drug-likeness (QED) is 0.518. The van der Waals surface area contributed by atoms with Gasteiger partial charge in [0.15, 0.2) is 6.61 Å². The van der Waals surface area contributed by atoms with E-state index in [9.17, 15) is 31.6 Å². The highest BCUT2D eigenvalue weighted by Gasteiger charge is 2.16. The van der Waals surface area contributed by atoms with E-state index in [-0.39, 0.29) is 29.2 Å². The highest BCUT2D eigenvalue weighted by atomic mass is 32.2. The Labute approximate surface area is 176 Å². The van der Waals surface area contributed by atoms with Crippen LogP contribution in [0.25, 0.3) is 0 Å². The summed E-state index contributed by atoms with van der Waals surface area (Å²) in [5.41, 5.74) is -0.00314. The van der Waals surface area contributed by atoms with Gasteiger partial charge in [-0.15, -0.1) is 0 Å². The molecule has 0 aromatic heterocycles. The molecule has 0 atom stereocenters. The molecule has 0 spiro atoms. The second-order valence-corrected chi connectivity index (χ2v) is 7.67. The van der Waals surface area contributed by atoms with Crippen LogP contribution in [0.5, 0.6) is 5.75 Å². The predicted octanol–water partition coefficient (Wildman–Crippen LogP) is 1.46. The van der Waals surface area contributed by atoms with Gasteiger partial charge >= 0.3 is 12.6 Å². The van der Waals surface area contributed by atoms with Gasteiger partial charge in [0.25, 0.3) is 11.8 Å². The molecule has 2 rings (SSSR count). The molecule has 0 fully saturated rings. The molecule has 166 valence electrons. The average Bonchev–Trinajstić information content (AvgIpc) is 2.73. The summed E-state index contributed by atoms with van der Waals surface area (Å²) in [7, 11) is -3.78. The van der Waals surface area contributed by atoms with Crippen LogP contribution in [0.4, 0.5) is 8.78 Å². The number of amides is 2. The molecule has 2 aromatic carbocycles. The maximum absolute atomic E-state index is 12.1. The van der Waals surface area contributed by atoms with Crippen molar-refractivity contribution in [3.8, 4) is 5.75 Å². The molecule has 2 amide bonds. The van der Waals surface area contributed by atoms with Gasteiger partial charge in [-0.1, -0.05) is 18.2 Å². The average molecular weight is 456 g/mol. The summed E-state index contributed by atoms with van der Waals surface area (Å²) in [6, 6.07) is 12.1. The zero-order valence-electron chi connectivity index (χ0n) is 15.9. The molecule has 2 aromatic rings. The van der Waals surface area contributed by atoms with Crippen LogP contribution in [0.3, 0.4) is 0 Å². The number of sulfonamides is 1. The molecule has 0 bridgehead atoms. The number of carbonyl (C=O) groups is 3. The molecule has 0 aliphatic rings. The summed E-state index contributed by atoms with van der Waals surface area (Å²) >= 11 is 0. The number of ether oxygens (including phenoxy) is 2. The number of halogens is 2. The second-order valence-electron chi connectivity index (χ2n) is 5.90. The summed E-state index contributed by atoms with van der Waals surface area (Å²) in [5.74, 6) is -2.77. The number of carbonyl (C=O) groups excluding carboxylic acids is 3. The van der Waals surface area contributed by atoms with Crippen molar-refractivity contribution in [3.05, 3.63) is 60.2 Å². The topological polar surface area (TPSA) is 128 Å². The number of hydrogen-bond donors (Lipinski definition) is 2. The van der Waals surface area contributed by atoms with Crippen LogP contribution >= 0.6 is 0 Å². The third-order valence-electron chi connectivity index (χ3n) is 3.63. The highest BCUT2D eigenvalue weighted by Crippen LogP contribution is 2.14. The summed E-state index contributed by atoms with van der Waals surface area (Å²) < 4.78 is 59.2. The highest BCUT2D eigenvalue weighted by molar-refractivity contribution is 7.89. The van der Waals surface area contributed by atoms with Gasteiger partial charge in [0.1, 0.15) is 5.75 Å². The van der Waals surface area contributed by atoms with Crippen molar-refractivity contribution in [2.75, 3.05) is 13.2 Å². The lowest BCUT2D eigenvalue weighted by Crippen LogP contribution is -2.34. The standard InChI is InChI=1S/C19H18F2N2O7S/c20-19(21)30-14-8-6-13(7-9-14)18(26)23-16(24)12-29-17(25)10-11-22-31(27,28)15-4-2-1-3-5-15/h1-9,19,22H,10-12H2,(H,23,24,26). The largest absolute Gasteiger partial charge is 0.456 e. The van der Waals surface area contributed by atoms with Crippen molar-refractivity contribution in [2.45, 2.75) is 17.9 Å². The van der Waals surface area contributed by atoms with Crippen LogP contribution in [0.15, 0.2) is 59.5 Å². The van der Waals surface area contributed by atoms with Crippen molar-refractivity contribution >= 4 is 27.8 Å². The number of hydrogen-bond acceptors (Lipinski definition) is 7. The Kier molecular flexibility index (Phi) is 8.58. The molecule has 0 radical (unpaired) electrons. The van der Waals surface area contributed by atoms with Crippen molar-refractivity contribution < 1.29 is 41.1 Å². The van der Waals surface area contributed by atoms with Gasteiger partial charge in [0, 0.05) is 12.1 Å². The zero-order valence-corrected chi connectivity index (χ0v) is 16.7. The Morgan fingerprint density at radius 1 is 0.968 bits per heavy atom. The van der Waals surface area contributed by atoms with E-state index in [2.05, 4.69) is 14.2 Å². The SMILES string of the molecule is O=C(COC(=O)CCNS(=O)(=O)c1ccccc1)NC(=O)c1ccc(OC(F)F)cc1. The Bertz CT molecular complexity index is 1010. The van der Waals surface area contributed by atoms with Crippen molar-refractivity contribution in [1.29, 1.82) is 0 Å². The molecule has 0 heterocycles. The number of alkyl halides is 2. The van der Waals surface area contributed by atoms with E-state index in [1.54, 1.807) is 18.2 Å². The van der Waals surface area contributed by atoms with E-state index >= 15 is 0 Å². The second kappa shape index (κ2) is 11.1. The summed E-state index contributed by atoms with van der Waals surface area (Å²) in [6.45, 7) is -4.02. The lowest BCUT2D eigenvalue weighted by molar-refractivity contribution is -0.148. The van der Waals surface area contributed by atoms with Crippen LogP contribution in [0.2, 0.25) is 0 Å². The maximum atomic E-state index is 12.1. The molecule has 12 heteroatoms. The molecule has 0 saturated heterocycles. The minimum Gasteiger partial charge on any atom is -0.456 e. The zero-order chi connectivity index (χ0) is 22.9. The predicted molar refractivity (Wildman–Crippen MR) is 103 cm³/mol. The third kappa shape index (κ3) is 8.10. The van der Waals surface area contributed by atoms with Crippen LogP contribution in [-0.2, 0) is 24.3 Å². The van der Waals surface area contributed by atoms with Crippen molar-refractivity contribution in [2.24, 2.45) is 0 Å². The molecule has 0 aliphatic heterocycles. The van der Waals surface area contributed by atoms with Crippen molar-refractivity contribution in [3.63, 3.8) is 0 Å². The number of nitrogens with one attached hydrogen (secondary N) is 2. The Balaban J connectivity index is 1.71. The molecule has 0 saturated carbocycles. The molecule has 31 heavy (non-hydrogen) atoms. The Hall–Kier alpha value is -3.38. The van der Waals surface area contributed by atoms with E-state index in [1.165, 1.54) is 24.3 Å². The number of rotatable bonds is 10. The third-order valence-corrected chi connectivity index (χ3v) is 5.11. The Morgan fingerprint density at radius 2 is 1.61 bits per heavy atom. The Morgan fingerprint density at radius 3 is 2.23 bits per heavy atom. The van der Waals surface area contributed by atoms with Crippen LogP contribution < -0.4 is 14.8 Å². The molecule has 0 aliphatic carbocycles. The molecule has 2 N–H and O–H groups in total. The number of imide groups is 1. The van der Waals surface area contributed by atoms with E-state index in [0.717, 1.165) is 12.1 Å². The van der Waals surface area contributed by atoms with Crippen LogP contribution in [0.1, 0.15) is 16.8 Å². The van der Waals surface area contributed by atoms with Crippen molar-refractivity contribution in [1.82, 2.24) is 10.0 Å². The summed E-state index contributed by atoms with van der Waals surface area (Å²) in [6.07, 6.45) is -0.334. The first kappa shape index (κ1) is 23.9. The van der Waals surface area contributed by atoms with Gasteiger partial charge in [0.2, 0.25) is 10.0 Å². The first-order valence-electron chi connectivity index (χ1n) is 8.77. The van der Waals surface area contributed by atoms with Gasteiger partial charge in [-0.05, 0) is 36.4 Å². The van der Waals surface area contributed by atoms with E-state index in [0.29, 0.717) is 0 Å². The van der Waals surface area contributed by atoms with Gasteiger partial charge in [-0.2, -0.15) is 8.78 Å². The first-order valence-corrected chi connectivity index (χ1v) is 10.2. The lowest BCUT2D eigenvalue weighted by atomic mass is 10.2. The monoisotopic (exact) mass is 456 g/mol. The van der Waals surface area contributed by atoms with E-state index in [4.69, 9.17) is 0 Å².